The highest BCUT2D eigenvalue weighted by molar-refractivity contribution is 6.03. The summed E-state index contributed by atoms with van der Waals surface area (Å²) in [6.07, 6.45) is -4.63. The number of alkyl halides is 3. The van der Waals surface area contributed by atoms with Gasteiger partial charge in [-0.25, -0.2) is 0 Å². The topological polar surface area (TPSA) is 69.6 Å². The number of hydrogen-bond donors (Lipinski definition) is 2. The van der Waals surface area contributed by atoms with Crippen molar-refractivity contribution < 1.29 is 27.9 Å². The second-order valence-corrected chi connectivity index (χ2v) is 6.46. The third-order valence-electron chi connectivity index (χ3n) is 4.39. The lowest BCUT2D eigenvalue weighted by atomic mass is 10.1. The maximum absolute atomic E-state index is 12.9. The van der Waals surface area contributed by atoms with Gasteiger partial charge in [0.05, 0.1) is 17.2 Å². The number of phenols is 1. The van der Waals surface area contributed by atoms with Crippen molar-refractivity contribution in [3.05, 3.63) is 53.6 Å². The summed E-state index contributed by atoms with van der Waals surface area (Å²) >= 11 is 0. The Hall–Kier alpha value is -3.03. The Morgan fingerprint density at radius 3 is 2.63 bits per heavy atom. The van der Waals surface area contributed by atoms with Gasteiger partial charge in [0.25, 0.3) is 0 Å². The van der Waals surface area contributed by atoms with Crippen LogP contribution in [0, 0.1) is 12.8 Å². The van der Waals surface area contributed by atoms with E-state index in [1.807, 2.05) is 0 Å². The molecular weight excluding hydrogens is 361 g/mol. The van der Waals surface area contributed by atoms with Crippen LogP contribution in [0.2, 0.25) is 0 Å². The van der Waals surface area contributed by atoms with Gasteiger partial charge in [0.2, 0.25) is 11.8 Å². The first-order valence-electron chi connectivity index (χ1n) is 8.23. The number of hydrogen-bond acceptors (Lipinski definition) is 3. The first kappa shape index (κ1) is 18.8. The molecule has 0 saturated carbocycles. The average Bonchev–Trinajstić information content (AvgIpc) is 2.99. The van der Waals surface area contributed by atoms with Crippen LogP contribution in [0.25, 0.3) is 0 Å². The fourth-order valence-corrected chi connectivity index (χ4v) is 2.97. The van der Waals surface area contributed by atoms with E-state index in [-0.39, 0.29) is 30.1 Å². The molecule has 0 spiro atoms. The number of aromatic hydroxyl groups is 1. The minimum atomic E-state index is -4.52. The van der Waals surface area contributed by atoms with E-state index in [0.29, 0.717) is 0 Å². The minimum absolute atomic E-state index is 0.0292. The molecule has 1 aliphatic rings. The molecule has 142 valence electrons. The quantitative estimate of drug-likeness (QED) is 0.800. The lowest BCUT2D eigenvalue weighted by Crippen LogP contribution is -2.28. The molecule has 1 saturated heterocycles. The van der Waals surface area contributed by atoms with Crippen LogP contribution in [-0.2, 0) is 15.8 Å². The van der Waals surface area contributed by atoms with Crippen LogP contribution in [-0.4, -0.2) is 23.5 Å². The predicted molar refractivity (Wildman–Crippen MR) is 93.4 cm³/mol. The van der Waals surface area contributed by atoms with E-state index < -0.39 is 29.5 Å². The summed E-state index contributed by atoms with van der Waals surface area (Å²) in [5.74, 6) is -1.73. The Kier molecular flexibility index (Phi) is 4.82. The van der Waals surface area contributed by atoms with E-state index in [1.165, 1.54) is 23.1 Å². The number of phenolic OH excluding ortho intramolecular Hbond substituents is 1. The van der Waals surface area contributed by atoms with Gasteiger partial charge in [0, 0.05) is 18.7 Å². The highest BCUT2D eigenvalue weighted by atomic mass is 19.4. The van der Waals surface area contributed by atoms with Crippen LogP contribution >= 0.6 is 0 Å². The van der Waals surface area contributed by atoms with E-state index in [1.54, 1.807) is 19.1 Å². The van der Waals surface area contributed by atoms with Crippen LogP contribution in [0.1, 0.15) is 17.5 Å². The number of rotatable bonds is 3. The zero-order chi connectivity index (χ0) is 19.8. The molecule has 0 bridgehead atoms. The molecule has 5 nitrogen and oxygen atoms in total. The van der Waals surface area contributed by atoms with Crippen LogP contribution in [0.3, 0.4) is 0 Å². The summed E-state index contributed by atoms with van der Waals surface area (Å²) in [4.78, 5) is 25.8. The lowest BCUT2D eigenvalue weighted by Gasteiger charge is -2.18. The van der Waals surface area contributed by atoms with Crippen LogP contribution < -0.4 is 10.2 Å². The Balaban J connectivity index is 1.74. The highest BCUT2D eigenvalue weighted by Crippen LogP contribution is 2.34. The maximum atomic E-state index is 12.9. The largest absolute Gasteiger partial charge is 0.506 e. The van der Waals surface area contributed by atoms with E-state index in [4.69, 9.17) is 0 Å². The Bertz CT molecular complexity index is 896. The molecule has 1 aliphatic heterocycles. The number of nitrogens with zero attached hydrogens (tertiary/aromatic N) is 1. The van der Waals surface area contributed by atoms with Crippen molar-refractivity contribution in [1.82, 2.24) is 0 Å². The molecule has 1 atom stereocenters. The molecule has 1 fully saturated rings. The van der Waals surface area contributed by atoms with Gasteiger partial charge in [0.15, 0.2) is 0 Å². The van der Waals surface area contributed by atoms with Crippen molar-refractivity contribution in [3.8, 4) is 5.75 Å². The first-order chi connectivity index (χ1) is 12.6. The van der Waals surface area contributed by atoms with E-state index >= 15 is 0 Å². The fraction of sp³-hybridized carbons (Fsp3) is 0.263. The van der Waals surface area contributed by atoms with Gasteiger partial charge < -0.3 is 15.3 Å². The van der Waals surface area contributed by atoms with Crippen molar-refractivity contribution in [2.24, 2.45) is 5.92 Å². The highest BCUT2D eigenvalue weighted by Gasteiger charge is 2.37. The molecule has 2 amide bonds. The monoisotopic (exact) mass is 378 g/mol. The molecule has 2 N–H and O–H groups in total. The smallest absolute Gasteiger partial charge is 0.416 e. The van der Waals surface area contributed by atoms with E-state index in [2.05, 4.69) is 5.32 Å². The Labute approximate surface area is 153 Å². The van der Waals surface area contributed by atoms with Crippen molar-refractivity contribution >= 4 is 23.2 Å². The van der Waals surface area contributed by atoms with E-state index in [9.17, 15) is 27.9 Å². The molecule has 1 heterocycles. The number of carbonyl (C=O) groups is 2. The van der Waals surface area contributed by atoms with Crippen molar-refractivity contribution in [1.29, 1.82) is 0 Å². The molecule has 3 rings (SSSR count). The number of benzene rings is 2. The summed E-state index contributed by atoms with van der Waals surface area (Å²) in [5.41, 5.74) is 0.279. The second kappa shape index (κ2) is 6.94. The van der Waals surface area contributed by atoms with Crippen molar-refractivity contribution in [2.75, 3.05) is 16.8 Å². The number of halogens is 3. The predicted octanol–water partition coefficient (Wildman–Crippen LogP) is 3.71. The molecule has 0 aromatic heterocycles. The van der Waals surface area contributed by atoms with Gasteiger partial charge in [-0.2, -0.15) is 13.2 Å². The molecule has 27 heavy (non-hydrogen) atoms. The zero-order valence-electron chi connectivity index (χ0n) is 14.4. The first-order valence-corrected chi connectivity index (χ1v) is 8.23. The third-order valence-corrected chi connectivity index (χ3v) is 4.39. The normalized spacial score (nSPS) is 17.3. The summed E-state index contributed by atoms with van der Waals surface area (Å²) in [6.45, 7) is 1.76. The Morgan fingerprint density at radius 1 is 1.22 bits per heavy atom. The van der Waals surface area contributed by atoms with Gasteiger partial charge >= 0.3 is 6.18 Å². The Morgan fingerprint density at radius 2 is 1.96 bits per heavy atom. The minimum Gasteiger partial charge on any atom is -0.506 e. The number of aryl methyl sites for hydroxylation is 1. The number of anilines is 2. The van der Waals surface area contributed by atoms with E-state index in [0.717, 1.165) is 17.7 Å². The standard InChI is InChI=1S/C19H17F3N2O3/c1-11-5-6-15(16(25)7-11)23-18(27)12-8-17(26)24(10-12)14-4-2-3-13(9-14)19(20,21)22/h2-7,9,12,25H,8,10H2,1H3,(H,23,27). The van der Waals surface area contributed by atoms with Crippen molar-refractivity contribution in [2.45, 2.75) is 19.5 Å². The lowest BCUT2D eigenvalue weighted by molar-refractivity contribution is -0.137. The molecule has 0 aliphatic carbocycles. The number of amides is 2. The molecule has 8 heteroatoms. The molecule has 1 unspecified atom stereocenters. The van der Waals surface area contributed by atoms with Gasteiger partial charge in [-0.1, -0.05) is 12.1 Å². The SMILES string of the molecule is Cc1ccc(NC(=O)C2CC(=O)N(c3cccc(C(F)(F)F)c3)C2)c(O)c1. The molecule has 0 radical (unpaired) electrons. The summed E-state index contributed by atoms with van der Waals surface area (Å²) in [5, 5.41) is 12.4. The fourth-order valence-electron chi connectivity index (χ4n) is 2.97. The van der Waals surface area contributed by atoms with Crippen molar-refractivity contribution in [3.63, 3.8) is 0 Å². The molecule has 2 aromatic rings. The zero-order valence-corrected chi connectivity index (χ0v) is 14.4. The third kappa shape index (κ3) is 4.05. The molecular formula is C19H17F3N2O3. The molecule has 2 aromatic carbocycles. The van der Waals surface area contributed by atoms with Gasteiger partial charge in [-0.05, 0) is 42.8 Å². The summed E-state index contributed by atoms with van der Waals surface area (Å²) in [6, 6.07) is 9.19. The van der Waals surface area contributed by atoms with Gasteiger partial charge in [-0.3, -0.25) is 9.59 Å². The van der Waals surface area contributed by atoms with Gasteiger partial charge in [-0.15, -0.1) is 0 Å². The number of nitrogens with one attached hydrogen (secondary N) is 1. The number of carbonyl (C=O) groups excluding carboxylic acids is 2. The second-order valence-electron chi connectivity index (χ2n) is 6.46. The van der Waals surface area contributed by atoms with Crippen LogP contribution in [0.15, 0.2) is 42.5 Å². The van der Waals surface area contributed by atoms with Crippen LogP contribution in [0.4, 0.5) is 24.5 Å². The van der Waals surface area contributed by atoms with Gasteiger partial charge in [0.1, 0.15) is 5.75 Å². The maximum Gasteiger partial charge on any atom is 0.416 e. The summed E-state index contributed by atoms with van der Waals surface area (Å²) < 4.78 is 38.6. The summed E-state index contributed by atoms with van der Waals surface area (Å²) in [7, 11) is 0. The van der Waals surface area contributed by atoms with Crippen LogP contribution in [0.5, 0.6) is 5.75 Å². The average molecular weight is 378 g/mol.